The second kappa shape index (κ2) is 9.55. The lowest BCUT2D eigenvalue weighted by molar-refractivity contribution is 0.0836. The van der Waals surface area contributed by atoms with Crippen LogP contribution in [0.3, 0.4) is 0 Å². The molecule has 0 fully saturated rings. The van der Waals surface area contributed by atoms with E-state index in [4.69, 9.17) is 15.2 Å². The molecular weight excluding hydrogens is 394 g/mol. The zero-order valence-electron chi connectivity index (χ0n) is 16.6. The molecule has 9 heteroatoms. The molecule has 0 unspecified atom stereocenters. The number of benzene rings is 2. The van der Waals surface area contributed by atoms with Gasteiger partial charge in [0.05, 0.1) is 18.9 Å². The van der Waals surface area contributed by atoms with Crippen molar-refractivity contribution >= 4 is 5.91 Å². The minimum Gasteiger partial charge on any atom is -0.384 e. The minimum absolute atomic E-state index is 0.0284. The number of amides is 1. The van der Waals surface area contributed by atoms with E-state index in [2.05, 4.69) is 10.1 Å². The Hall–Kier alpha value is -3.17. The average molecular weight is 416 g/mol. The molecule has 0 bridgehead atoms. The zero-order valence-corrected chi connectivity index (χ0v) is 16.6. The van der Waals surface area contributed by atoms with Crippen LogP contribution in [0, 0.1) is 17.6 Å². The molecule has 0 aliphatic rings. The van der Waals surface area contributed by atoms with Crippen LogP contribution in [0.5, 0.6) is 0 Å². The van der Waals surface area contributed by atoms with Gasteiger partial charge in [-0.2, -0.15) is 0 Å². The molecule has 1 aromatic heterocycles. The molecule has 0 aliphatic heterocycles. The maximum Gasteiger partial charge on any atom is 0.248 e. The summed E-state index contributed by atoms with van der Waals surface area (Å²) in [5.41, 5.74) is 6.44. The summed E-state index contributed by atoms with van der Waals surface area (Å²) >= 11 is 0. The van der Waals surface area contributed by atoms with E-state index in [9.17, 15) is 13.6 Å². The first-order valence-electron chi connectivity index (χ1n) is 9.21. The van der Waals surface area contributed by atoms with Gasteiger partial charge in [0.2, 0.25) is 5.91 Å². The minimum atomic E-state index is -0.727. The number of aromatic nitrogens is 3. The second-order valence-corrected chi connectivity index (χ2v) is 6.82. The highest BCUT2D eigenvalue weighted by atomic mass is 19.1. The monoisotopic (exact) mass is 416 g/mol. The Kier molecular flexibility index (Phi) is 6.86. The van der Waals surface area contributed by atoms with Gasteiger partial charge in [-0.25, -0.2) is 18.4 Å². The Morgan fingerprint density at radius 2 is 1.77 bits per heavy atom. The van der Waals surface area contributed by atoms with E-state index in [1.807, 2.05) is 0 Å². The van der Waals surface area contributed by atoms with Crippen LogP contribution in [0.4, 0.5) is 8.78 Å². The van der Waals surface area contributed by atoms with Crippen molar-refractivity contribution < 1.29 is 23.0 Å². The highest BCUT2D eigenvalue weighted by Gasteiger charge is 2.19. The molecular formula is C21H22F2N4O3. The molecule has 1 amide bonds. The van der Waals surface area contributed by atoms with Crippen LogP contribution in [0.1, 0.15) is 16.2 Å². The Balaban J connectivity index is 2.09. The van der Waals surface area contributed by atoms with E-state index in [-0.39, 0.29) is 17.3 Å². The van der Waals surface area contributed by atoms with Gasteiger partial charge in [0.15, 0.2) is 5.82 Å². The number of rotatable bonds is 9. The number of nitrogens with two attached hydrogens (primary N) is 1. The van der Waals surface area contributed by atoms with E-state index in [1.54, 1.807) is 38.5 Å². The molecule has 0 aliphatic carbocycles. The molecule has 0 radical (unpaired) electrons. The predicted molar refractivity (Wildman–Crippen MR) is 106 cm³/mol. The van der Waals surface area contributed by atoms with Gasteiger partial charge in [-0.3, -0.25) is 4.79 Å². The summed E-state index contributed by atoms with van der Waals surface area (Å²) in [4.78, 5) is 16.1. The molecule has 2 aromatic carbocycles. The molecule has 1 heterocycles. The molecule has 0 saturated heterocycles. The Morgan fingerprint density at radius 3 is 2.37 bits per heavy atom. The smallest absolute Gasteiger partial charge is 0.248 e. The molecule has 0 spiro atoms. The number of hydrogen-bond donors (Lipinski definition) is 1. The first-order chi connectivity index (χ1) is 14.4. The highest BCUT2D eigenvalue weighted by Crippen LogP contribution is 2.23. The SMILES string of the molecule is COCC(COC)Cc1nc(-c2cc(F)cc(F)c2)nn1-c1cccc(C(N)=O)c1. The first-order valence-corrected chi connectivity index (χ1v) is 9.21. The Morgan fingerprint density at radius 1 is 1.10 bits per heavy atom. The molecule has 7 nitrogen and oxygen atoms in total. The summed E-state index contributed by atoms with van der Waals surface area (Å²) in [6.45, 7) is 0.845. The van der Waals surface area contributed by atoms with Gasteiger partial charge in [0, 0.05) is 43.8 Å². The Bertz CT molecular complexity index is 1010. The van der Waals surface area contributed by atoms with Crippen molar-refractivity contribution in [2.75, 3.05) is 27.4 Å². The summed E-state index contributed by atoms with van der Waals surface area (Å²) in [5, 5.41) is 4.45. The van der Waals surface area contributed by atoms with E-state index >= 15 is 0 Å². The molecule has 3 rings (SSSR count). The zero-order chi connectivity index (χ0) is 21.7. The van der Waals surface area contributed by atoms with Crippen LogP contribution in [-0.2, 0) is 15.9 Å². The molecule has 0 atom stereocenters. The van der Waals surface area contributed by atoms with Crippen LogP contribution in [0.15, 0.2) is 42.5 Å². The first kappa shape index (κ1) is 21.5. The van der Waals surface area contributed by atoms with E-state index in [0.717, 1.165) is 18.2 Å². The van der Waals surface area contributed by atoms with Crippen molar-refractivity contribution in [2.24, 2.45) is 11.7 Å². The van der Waals surface area contributed by atoms with Crippen molar-refractivity contribution in [1.29, 1.82) is 0 Å². The maximum atomic E-state index is 13.7. The van der Waals surface area contributed by atoms with E-state index < -0.39 is 17.5 Å². The second-order valence-electron chi connectivity index (χ2n) is 6.82. The highest BCUT2D eigenvalue weighted by molar-refractivity contribution is 5.93. The van der Waals surface area contributed by atoms with Gasteiger partial charge in [-0.05, 0) is 30.3 Å². The number of hydrogen-bond acceptors (Lipinski definition) is 5. The third-order valence-corrected chi connectivity index (χ3v) is 4.45. The third kappa shape index (κ3) is 5.05. The fraction of sp³-hybridized carbons (Fsp3) is 0.286. The normalized spacial score (nSPS) is 11.2. The van der Waals surface area contributed by atoms with Crippen molar-refractivity contribution in [2.45, 2.75) is 6.42 Å². The fourth-order valence-electron chi connectivity index (χ4n) is 3.17. The molecule has 30 heavy (non-hydrogen) atoms. The van der Waals surface area contributed by atoms with E-state index in [0.29, 0.717) is 36.7 Å². The van der Waals surface area contributed by atoms with Crippen LogP contribution in [0.2, 0.25) is 0 Å². The van der Waals surface area contributed by atoms with Crippen LogP contribution in [0.25, 0.3) is 17.1 Å². The van der Waals surface area contributed by atoms with Crippen molar-refractivity contribution in [3.05, 3.63) is 65.5 Å². The summed E-state index contributed by atoms with van der Waals surface area (Å²) in [7, 11) is 3.18. The summed E-state index contributed by atoms with van der Waals surface area (Å²) < 4.78 is 39.5. The topological polar surface area (TPSA) is 92.3 Å². The summed E-state index contributed by atoms with van der Waals surface area (Å²) in [6.07, 6.45) is 0.424. The number of halogens is 2. The predicted octanol–water partition coefficient (Wildman–Crippen LogP) is 2.76. The summed E-state index contributed by atoms with van der Waals surface area (Å²) in [6, 6.07) is 9.68. The van der Waals surface area contributed by atoms with Crippen molar-refractivity contribution in [3.8, 4) is 17.1 Å². The molecule has 3 aromatic rings. The molecule has 2 N–H and O–H groups in total. The average Bonchev–Trinajstić information content (AvgIpc) is 3.11. The van der Waals surface area contributed by atoms with Gasteiger partial charge >= 0.3 is 0 Å². The lowest BCUT2D eigenvalue weighted by atomic mass is 10.1. The van der Waals surface area contributed by atoms with E-state index in [1.165, 1.54) is 4.68 Å². The number of ether oxygens (including phenoxy) is 2. The van der Waals surface area contributed by atoms with Gasteiger partial charge in [0.25, 0.3) is 0 Å². The number of carbonyl (C=O) groups is 1. The van der Waals surface area contributed by atoms with Gasteiger partial charge in [-0.1, -0.05) is 6.07 Å². The lowest BCUT2D eigenvalue weighted by Crippen LogP contribution is -2.20. The largest absolute Gasteiger partial charge is 0.384 e. The molecule has 158 valence electrons. The van der Waals surface area contributed by atoms with Gasteiger partial charge in [0.1, 0.15) is 17.5 Å². The van der Waals surface area contributed by atoms with Crippen LogP contribution < -0.4 is 5.73 Å². The summed E-state index contributed by atoms with van der Waals surface area (Å²) in [5.74, 6) is -1.38. The number of primary amides is 1. The van der Waals surface area contributed by atoms with Gasteiger partial charge < -0.3 is 15.2 Å². The third-order valence-electron chi connectivity index (χ3n) is 4.45. The van der Waals surface area contributed by atoms with Gasteiger partial charge in [-0.15, -0.1) is 5.10 Å². The maximum absolute atomic E-state index is 13.7. The fourth-order valence-corrected chi connectivity index (χ4v) is 3.17. The van der Waals surface area contributed by atoms with Crippen molar-refractivity contribution in [3.63, 3.8) is 0 Å². The number of methoxy groups -OCH3 is 2. The standard InChI is InChI=1S/C21H22F2N4O3/c1-29-11-13(12-30-2)6-19-25-21(15-7-16(22)10-17(23)8-15)26-27(19)18-5-3-4-14(9-18)20(24)28/h3-5,7-10,13H,6,11-12H2,1-2H3,(H2,24,28). The number of nitrogens with zero attached hydrogens (tertiary/aromatic N) is 3. The van der Waals surface area contributed by atoms with Crippen LogP contribution in [-0.4, -0.2) is 48.1 Å². The molecule has 0 saturated carbocycles. The quantitative estimate of drug-likeness (QED) is 0.579. The Labute approximate surface area is 172 Å². The van der Waals surface area contributed by atoms with Crippen molar-refractivity contribution in [1.82, 2.24) is 14.8 Å². The van der Waals surface area contributed by atoms with Crippen LogP contribution >= 0.6 is 0 Å². The lowest BCUT2D eigenvalue weighted by Gasteiger charge is -2.15. The number of carbonyl (C=O) groups excluding carboxylic acids is 1.